The van der Waals surface area contributed by atoms with Crippen LogP contribution in [0, 0.1) is 11.8 Å². The molecule has 4 rings (SSSR count). The van der Waals surface area contributed by atoms with E-state index in [9.17, 15) is 9.59 Å². The molecule has 1 aromatic rings. The number of amides is 2. The number of anilines is 1. The zero-order valence-corrected chi connectivity index (χ0v) is 13.3. The third-order valence-corrected chi connectivity index (χ3v) is 5.55. The summed E-state index contributed by atoms with van der Waals surface area (Å²) in [4.78, 5) is 26.3. The molecule has 3 aliphatic rings. The van der Waals surface area contributed by atoms with Crippen molar-refractivity contribution in [1.29, 1.82) is 0 Å². The van der Waals surface area contributed by atoms with Crippen molar-refractivity contribution in [1.82, 2.24) is 10.2 Å². The van der Waals surface area contributed by atoms with Crippen LogP contribution in [0.1, 0.15) is 35.2 Å². The lowest BCUT2D eigenvalue weighted by Gasteiger charge is -2.23. The average Bonchev–Trinajstić information content (AvgIpc) is 2.92. The van der Waals surface area contributed by atoms with Crippen LogP contribution in [0.5, 0.6) is 0 Å². The summed E-state index contributed by atoms with van der Waals surface area (Å²) in [5, 5.41) is 6.34. The number of fused-ring (bicyclic) bond motifs is 2. The molecule has 5 heteroatoms. The standard InChI is InChI=1S/C18H23N3O2/c22-17-4-2-12-9-13(1-3-16(12)20-17)18(23)21-7-5-14-10-19-11-15(14)6-8-21/h1,3,9,14-15,19H,2,4-8,10-11H2,(H,20,22)/t14-,15+. The Hall–Kier alpha value is -1.88. The van der Waals surface area contributed by atoms with E-state index in [1.165, 1.54) is 0 Å². The van der Waals surface area contributed by atoms with E-state index < -0.39 is 0 Å². The second kappa shape index (κ2) is 5.96. The first-order chi connectivity index (χ1) is 11.2. The SMILES string of the molecule is O=C1CCc2cc(C(=O)N3CC[C@@H]4CNC[C@@H]4CC3)ccc2N1. The molecule has 0 saturated carbocycles. The number of hydrogen-bond acceptors (Lipinski definition) is 3. The van der Waals surface area contributed by atoms with Gasteiger partial charge in [0.2, 0.25) is 5.91 Å². The van der Waals surface area contributed by atoms with Crippen molar-refractivity contribution >= 4 is 17.5 Å². The fourth-order valence-corrected chi connectivity index (χ4v) is 4.12. The molecule has 0 aliphatic carbocycles. The van der Waals surface area contributed by atoms with E-state index in [0.717, 1.165) is 74.1 Å². The van der Waals surface area contributed by atoms with E-state index in [4.69, 9.17) is 0 Å². The molecule has 0 radical (unpaired) electrons. The van der Waals surface area contributed by atoms with Crippen LogP contribution in [0.4, 0.5) is 5.69 Å². The second-order valence-corrected chi connectivity index (χ2v) is 6.97. The number of benzene rings is 1. The molecule has 2 fully saturated rings. The Morgan fingerprint density at radius 1 is 1.09 bits per heavy atom. The molecule has 3 heterocycles. The molecule has 0 bridgehead atoms. The Labute approximate surface area is 136 Å². The van der Waals surface area contributed by atoms with Gasteiger partial charge in [-0.1, -0.05) is 0 Å². The number of nitrogens with one attached hydrogen (secondary N) is 2. The zero-order chi connectivity index (χ0) is 15.8. The Bertz CT molecular complexity index is 629. The highest BCUT2D eigenvalue weighted by molar-refractivity contribution is 5.98. The predicted octanol–water partition coefficient (Wildman–Crippen LogP) is 1.64. The fraction of sp³-hybridized carbons (Fsp3) is 0.556. The molecular formula is C18H23N3O2. The van der Waals surface area contributed by atoms with Gasteiger partial charge in [-0.2, -0.15) is 0 Å². The van der Waals surface area contributed by atoms with Crippen LogP contribution in [0.3, 0.4) is 0 Å². The Kier molecular flexibility index (Phi) is 3.81. The first-order valence-electron chi connectivity index (χ1n) is 8.63. The number of carbonyl (C=O) groups is 2. The van der Waals surface area contributed by atoms with Crippen LogP contribution in [0.2, 0.25) is 0 Å². The lowest BCUT2D eigenvalue weighted by Crippen LogP contribution is -2.33. The van der Waals surface area contributed by atoms with E-state index in [2.05, 4.69) is 10.6 Å². The summed E-state index contributed by atoms with van der Waals surface area (Å²) in [6.07, 6.45) is 3.43. The molecule has 122 valence electrons. The lowest BCUT2D eigenvalue weighted by molar-refractivity contribution is -0.116. The van der Waals surface area contributed by atoms with Crippen molar-refractivity contribution in [3.8, 4) is 0 Å². The largest absolute Gasteiger partial charge is 0.339 e. The van der Waals surface area contributed by atoms with Crippen molar-refractivity contribution in [2.24, 2.45) is 11.8 Å². The molecule has 1 aromatic carbocycles. The van der Waals surface area contributed by atoms with E-state index >= 15 is 0 Å². The van der Waals surface area contributed by atoms with Crippen LogP contribution in [0.15, 0.2) is 18.2 Å². The molecule has 3 aliphatic heterocycles. The zero-order valence-electron chi connectivity index (χ0n) is 13.3. The van der Waals surface area contributed by atoms with Crippen LogP contribution in [0.25, 0.3) is 0 Å². The minimum absolute atomic E-state index is 0.0595. The number of aryl methyl sites for hydroxylation is 1. The third kappa shape index (κ3) is 2.85. The fourth-order valence-electron chi connectivity index (χ4n) is 4.12. The van der Waals surface area contributed by atoms with Crippen LogP contribution >= 0.6 is 0 Å². The van der Waals surface area contributed by atoms with Gasteiger partial charge in [0, 0.05) is 30.8 Å². The summed E-state index contributed by atoms with van der Waals surface area (Å²) < 4.78 is 0. The summed E-state index contributed by atoms with van der Waals surface area (Å²) >= 11 is 0. The molecule has 2 atom stereocenters. The topological polar surface area (TPSA) is 61.4 Å². The number of rotatable bonds is 1. The summed E-state index contributed by atoms with van der Waals surface area (Å²) in [6, 6.07) is 5.68. The van der Waals surface area contributed by atoms with Gasteiger partial charge in [-0.05, 0) is 68.0 Å². The van der Waals surface area contributed by atoms with Crippen molar-refractivity contribution in [2.75, 3.05) is 31.5 Å². The summed E-state index contributed by atoms with van der Waals surface area (Å²) in [6.45, 7) is 3.92. The van der Waals surface area contributed by atoms with Gasteiger partial charge in [0.05, 0.1) is 0 Å². The minimum Gasteiger partial charge on any atom is -0.339 e. The molecule has 23 heavy (non-hydrogen) atoms. The van der Waals surface area contributed by atoms with Gasteiger partial charge < -0.3 is 15.5 Å². The number of hydrogen-bond donors (Lipinski definition) is 2. The normalized spacial score (nSPS) is 27.0. The maximum absolute atomic E-state index is 12.8. The molecule has 0 spiro atoms. The van der Waals surface area contributed by atoms with Crippen LogP contribution in [-0.4, -0.2) is 42.9 Å². The lowest BCUT2D eigenvalue weighted by atomic mass is 9.92. The molecular weight excluding hydrogens is 290 g/mol. The quantitative estimate of drug-likeness (QED) is 0.828. The summed E-state index contributed by atoms with van der Waals surface area (Å²) in [5.74, 6) is 1.65. The van der Waals surface area contributed by atoms with Crippen LogP contribution in [-0.2, 0) is 11.2 Å². The molecule has 0 unspecified atom stereocenters. The first-order valence-corrected chi connectivity index (χ1v) is 8.63. The van der Waals surface area contributed by atoms with Gasteiger partial charge in [0.25, 0.3) is 5.91 Å². The highest BCUT2D eigenvalue weighted by atomic mass is 16.2. The van der Waals surface area contributed by atoms with E-state index in [0.29, 0.717) is 6.42 Å². The van der Waals surface area contributed by atoms with E-state index in [1.54, 1.807) is 0 Å². The molecule has 5 nitrogen and oxygen atoms in total. The smallest absolute Gasteiger partial charge is 0.253 e. The van der Waals surface area contributed by atoms with Gasteiger partial charge in [-0.25, -0.2) is 0 Å². The van der Waals surface area contributed by atoms with Gasteiger partial charge in [0.1, 0.15) is 0 Å². The van der Waals surface area contributed by atoms with E-state index in [-0.39, 0.29) is 11.8 Å². The molecule has 2 N–H and O–H groups in total. The number of carbonyl (C=O) groups excluding carboxylic acids is 2. The van der Waals surface area contributed by atoms with Gasteiger partial charge in [-0.3, -0.25) is 9.59 Å². The first kappa shape index (κ1) is 14.7. The molecule has 0 aromatic heterocycles. The maximum Gasteiger partial charge on any atom is 0.253 e. The maximum atomic E-state index is 12.8. The summed E-state index contributed by atoms with van der Waals surface area (Å²) in [5.41, 5.74) is 2.69. The van der Waals surface area contributed by atoms with Gasteiger partial charge >= 0.3 is 0 Å². The summed E-state index contributed by atoms with van der Waals surface area (Å²) in [7, 11) is 0. The average molecular weight is 313 g/mol. The van der Waals surface area contributed by atoms with Crippen molar-refractivity contribution in [2.45, 2.75) is 25.7 Å². The van der Waals surface area contributed by atoms with Gasteiger partial charge in [0.15, 0.2) is 0 Å². The van der Waals surface area contributed by atoms with Crippen molar-refractivity contribution in [3.05, 3.63) is 29.3 Å². The highest BCUT2D eigenvalue weighted by Gasteiger charge is 2.31. The third-order valence-electron chi connectivity index (χ3n) is 5.55. The molecule has 2 saturated heterocycles. The van der Waals surface area contributed by atoms with Gasteiger partial charge in [-0.15, -0.1) is 0 Å². The number of nitrogens with zero attached hydrogens (tertiary/aromatic N) is 1. The highest BCUT2D eigenvalue weighted by Crippen LogP contribution is 2.29. The Morgan fingerprint density at radius 3 is 2.57 bits per heavy atom. The van der Waals surface area contributed by atoms with Crippen LogP contribution < -0.4 is 10.6 Å². The Morgan fingerprint density at radius 2 is 1.83 bits per heavy atom. The van der Waals surface area contributed by atoms with Crippen molar-refractivity contribution < 1.29 is 9.59 Å². The predicted molar refractivity (Wildman–Crippen MR) is 88.4 cm³/mol. The Balaban J connectivity index is 1.49. The minimum atomic E-state index is 0.0595. The second-order valence-electron chi connectivity index (χ2n) is 6.97. The monoisotopic (exact) mass is 313 g/mol. The molecule has 2 amide bonds. The van der Waals surface area contributed by atoms with Crippen molar-refractivity contribution in [3.63, 3.8) is 0 Å². The number of likely N-dealkylation sites (tertiary alicyclic amines) is 1. The van der Waals surface area contributed by atoms with E-state index in [1.807, 2.05) is 23.1 Å².